The van der Waals surface area contributed by atoms with Gasteiger partial charge in [-0.15, -0.1) is 0 Å². The molecule has 0 bridgehead atoms. The van der Waals surface area contributed by atoms with Gasteiger partial charge in [0.25, 0.3) is 0 Å². The number of benzene rings is 2. The Hall–Kier alpha value is -2.08. The third-order valence-electron chi connectivity index (χ3n) is 5.77. The second-order valence-corrected chi connectivity index (χ2v) is 6.88. The number of rotatable bonds is 0. The van der Waals surface area contributed by atoms with Crippen LogP contribution in [0.25, 0.3) is 12.2 Å². The number of allylic oxidation sites excluding steroid dienone is 2. The maximum absolute atomic E-state index is 2.46. The zero-order chi connectivity index (χ0) is 14.5. The molecule has 0 aliphatic heterocycles. The Bertz CT molecular complexity index is 737. The normalized spacial score (nSPS) is 25.1. The van der Waals surface area contributed by atoms with E-state index in [4.69, 9.17) is 0 Å². The van der Waals surface area contributed by atoms with Crippen molar-refractivity contribution < 1.29 is 0 Å². The number of hydrogen-bond acceptors (Lipinski definition) is 0. The summed E-state index contributed by atoms with van der Waals surface area (Å²) >= 11 is 0. The lowest BCUT2D eigenvalue weighted by Crippen LogP contribution is -2.09. The third kappa shape index (κ3) is 1.76. The maximum atomic E-state index is 2.46. The van der Waals surface area contributed by atoms with Gasteiger partial charge in [0.1, 0.15) is 0 Å². The van der Waals surface area contributed by atoms with Gasteiger partial charge in [0.05, 0.1) is 0 Å². The second kappa shape index (κ2) is 4.71. The minimum absolute atomic E-state index is 0.672. The van der Waals surface area contributed by atoms with Crippen molar-refractivity contribution in [1.29, 1.82) is 0 Å². The first kappa shape index (κ1) is 12.5. The van der Waals surface area contributed by atoms with Gasteiger partial charge in [-0.2, -0.15) is 0 Å². The van der Waals surface area contributed by atoms with E-state index in [1.807, 2.05) is 0 Å². The van der Waals surface area contributed by atoms with E-state index < -0.39 is 0 Å². The predicted octanol–water partition coefficient (Wildman–Crippen LogP) is 5.92. The second-order valence-electron chi connectivity index (χ2n) is 6.88. The van der Waals surface area contributed by atoms with E-state index in [-0.39, 0.29) is 0 Å². The average Bonchev–Trinajstić information content (AvgIpc) is 3.06. The predicted molar refractivity (Wildman–Crippen MR) is 92.8 cm³/mol. The fraction of sp³-hybridized carbons (Fsp3) is 0.273. The molecule has 2 aromatic rings. The van der Waals surface area contributed by atoms with Crippen LogP contribution in [0.15, 0.2) is 59.7 Å². The summed E-state index contributed by atoms with van der Waals surface area (Å²) in [5.74, 6) is 1.34. The first-order valence-corrected chi connectivity index (χ1v) is 8.49. The molecule has 1 saturated carbocycles. The molecule has 0 radical (unpaired) electrons. The highest BCUT2D eigenvalue weighted by Crippen LogP contribution is 2.49. The SMILES string of the molecule is C1=C2CCC3=Cc4ccccc4C3CCC2c2ccccc21. The molecule has 2 unspecified atom stereocenters. The minimum atomic E-state index is 0.672. The van der Waals surface area contributed by atoms with Crippen molar-refractivity contribution >= 4 is 12.2 Å². The summed E-state index contributed by atoms with van der Waals surface area (Å²) in [4.78, 5) is 0. The van der Waals surface area contributed by atoms with Crippen LogP contribution in [0.1, 0.15) is 59.8 Å². The molecule has 0 heteroatoms. The molecule has 0 heterocycles. The molecule has 22 heavy (non-hydrogen) atoms. The van der Waals surface area contributed by atoms with Crippen LogP contribution in [0.3, 0.4) is 0 Å². The molecule has 2 aromatic carbocycles. The summed E-state index contributed by atoms with van der Waals surface area (Å²) in [6, 6.07) is 18.0. The lowest BCUT2D eigenvalue weighted by atomic mass is 9.79. The van der Waals surface area contributed by atoms with E-state index in [1.165, 1.54) is 36.8 Å². The number of hydrogen-bond donors (Lipinski definition) is 0. The Balaban J connectivity index is 1.52. The van der Waals surface area contributed by atoms with Gasteiger partial charge in [0, 0.05) is 11.8 Å². The Morgan fingerprint density at radius 3 is 1.55 bits per heavy atom. The van der Waals surface area contributed by atoms with Gasteiger partial charge in [0.15, 0.2) is 0 Å². The zero-order valence-electron chi connectivity index (χ0n) is 12.8. The largest absolute Gasteiger partial charge is 0.0619 e. The van der Waals surface area contributed by atoms with E-state index in [9.17, 15) is 0 Å². The van der Waals surface area contributed by atoms with E-state index in [0.717, 1.165) is 0 Å². The van der Waals surface area contributed by atoms with Crippen LogP contribution >= 0.6 is 0 Å². The molecule has 0 saturated heterocycles. The van der Waals surface area contributed by atoms with E-state index in [1.54, 1.807) is 22.3 Å². The maximum Gasteiger partial charge on any atom is 0.00578 e. The first-order chi connectivity index (χ1) is 10.9. The third-order valence-corrected chi connectivity index (χ3v) is 5.77. The van der Waals surface area contributed by atoms with Crippen LogP contribution in [-0.4, -0.2) is 0 Å². The molecule has 3 aliphatic rings. The van der Waals surface area contributed by atoms with Gasteiger partial charge in [-0.3, -0.25) is 0 Å². The van der Waals surface area contributed by atoms with E-state index >= 15 is 0 Å². The lowest BCUT2D eigenvalue weighted by molar-refractivity contribution is 0.562. The van der Waals surface area contributed by atoms with Crippen LogP contribution < -0.4 is 0 Å². The Morgan fingerprint density at radius 2 is 1.05 bits per heavy atom. The van der Waals surface area contributed by atoms with Crippen LogP contribution in [-0.2, 0) is 0 Å². The monoisotopic (exact) mass is 284 g/mol. The Morgan fingerprint density at radius 1 is 0.591 bits per heavy atom. The van der Waals surface area contributed by atoms with E-state index in [2.05, 4.69) is 60.7 Å². The summed E-state index contributed by atoms with van der Waals surface area (Å²) in [6.07, 6.45) is 9.97. The summed E-state index contributed by atoms with van der Waals surface area (Å²) in [5, 5.41) is 0. The Labute approximate surface area is 132 Å². The highest BCUT2D eigenvalue weighted by Gasteiger charge is 2.32. The molecular formula is C22H20. The molecular weight excluding hydrogens is 264 g/mol. The van der Waals surface area contributed by atoms with Crippen molar-refractivity contribution in [3.8, 4) is 0 Å². The lowest BCUT2D eigenvalue weighted by Gasteiger charge is -2.25. The number of fused-ring (bicyclic) bond motifs is 6. The van der Waals surface area contributed by atoms with Crippen molar-refractivity contribution in [3.63, 3.8) is 0 Å². The fourth-order valence-corrected chi connectivity index (χ4v) is 4.72. The standard InChI is InChI=1S/C22H20/c1-3-7-19-15(5-1)13-17-9-10-18-14-16-6-2-4-8-20(16)22(18)12-11-21(17)19/h1-8,13-14,21-22H,9-12H2. The van der Waals surface area contributed by atoms with Gasteiger partial charge in [-0.1, -0.05) is 71.8 Å². The first-order valence-electron chi connectivity index (χ1n) is 8.49. The van der Waals surface area contributed by atoms with Crippen LogP contribution in [0.4, 0.5) is 0 Å². The molecule has 0 nitrogen and oxygen atoms in total. The van der Waals surface area contributed by atoms with Crippen molar-refractivity contribution in [2.45, 2.75) is 37.5 Å². The molecule has 3 aliphatic carbocycles. The fourth-order valence-electron chi connectivity index (χ4n) is 4.72. The topological polar surface area (TPSA) is 0 Å². The smallest absolute Gasteiger partial charge is 0.00578 e. The molecule has 0 aromatic heterocycles. The molecule has 2 atom stereocenters. The molecule has 0 amide bonds. The van der Waals surface area contributed by atoms with Crippen LogP contribution in [0, 0.1) is 0 Å². The highest BCUT2D eigenvalue weighted by atomic mass is 14.4. The minimum Gasteiger partial charge on any atom is -0.0619 e. The summed E-state index contributed by atoms with van der Waals surface area (Å²) in [6.45, 7) is 0. The zero-order valence-corrected chi connectivity index (χ0v) is 12.8. The molecule has 1 fully saturated rings. The van der Waals surface area contributed by atoms with Gasteiger partial charge < -0.3 is 0 Å². The summed E-state index contributed by atoms with van der Waals surface area (Å²) in [5.41, 5.74) is 9.38. The van der Waals surface area contributed by atoms with Crippen molar-refractivity contribution in [2.75, 3.05) is 0 Å². The van der Waals surface area contributed by atoms with Crippen molar-refractivity contribution in [3.05, 3.63) is 81.9 Å². The van der Waals surface area contributed by atoms with Crippen LogP contribution in [0.5, 0.6) is 0 Å². The Kier molecular flexibility index (Phi) is 2.67. The molecule has 0 spiro atoms. The van der Waals surface area contributed by atoms with E-state index in [0.29, 0.717) is 11.8 Å². The van der Waals surface area contributed by atoms with Gasteiger partial charge >= 0.3 is 0 Å². The van der Waals surface area contributed by atoms with Gasteiger partial charge in [0.2, 0.25) is 0 Å². The van der Waals surface area contributed by atoms with Gasteiger partial charge in [-0.05, 0) is 47.9 Å². The molecule has 108 valence electrons. The van der Waals surface area contributed by atoms with Crippen LogP contribution in [0.2, 0.25) is 0 Å². The average molecular weight is 284 g/mol. The summed E-state index contributed by atoms with van der Waals surface area (Å²) < 4.78 is 0. The van der Waals surface area contributed by atoms with Gasteiger partial charge in [-0.25, -0.2) is 0 Å². The summed E-state index contributed by atoms with van der Waals surface area (Å²) in [7, 11) is 0. The molecule has 5 rings (SSSR count). The molecule has 0 N–H and O–H groups in total. The highest BCUT2D eigenvalue weighted by molar-refractivity contribution is 5.69. The quantitative estimate of drug-likeness (QED) is 0.563. The van der Waals surface area contributed by atoms with Crippen molar-refractivity contribution in [2.24, 2.45) is 0 Å². The van der Waals surface area contributed by atoms with Crippen molar-refractivity contribution in [1.82, 2.24) is 0 Å².